The van der Waals surface area contributed by atoms with Gasteiger partial charge >= 0.3 is 5.97 Å². The molecule has 3 aromatic carbocycles. The van der Waals surface area contributed by atoms with E-state index in [1.54, 1.807) is 36.4 Å². The van der Waals surface area contributed by atoms with Gasteiger partial charge in [-0.2, -0.15) is 0 Å². The maximum atomic E-state index is 13.9. The van der Waals surface area contributed by atoms with Crippen molar-refractivity contribution in [1.82, 2.24) is 0 Å². The number of ether oxygens (including phenoxy) is 3. The van der Waals surface area contributed by atoms with E-state index in [0.29, 0.717) is 17.1 Å². The Labute approximate surface area is 216 Å². The molecule has 0 saturated heterocycles. The van der Waals surface area contributed by atoms with Crippen molar-refractivity contribution in [2.24, 2.45) is 11.8 Å². The molecular formula is C28H31FO7S. The topological polar surface area (TPSA) is 99.1 Å². The van der Waals surface area contributed by atoms with Gasteiger partial charge in [-0.05, 0) is 59.9 Å². The average molecular weight is 531 g/mol. The summed E-state index contributed by atoms with van der Waals surface area (Å²) in [4.78, 5) is 12.3. The summed E-state index contributed by atoms with van der Waals surface area (Å²) in [6.07, 6.45) is 0.162. The molecule has 3 rings (SSSR count). The molecule has 2 unspecified atom stereocenters. The van der Waals surface area contributed by atoms with E-state index in [9.17, 15) is 22.7 Å². The lowest BCUT2D eigenvalue weighted by atomic mass is 9.90. The molecule has 0 aliphatic carbocycles. The zero-order valence-corrected chi connectivity index (χ0v) is 22.0. The highest BCUT2D eigenvalue weighted by Gasteiger charge is 2.40. The third kappa shape index (κ3) is 6.80. The maximum absolute atomic E-state index is 13.9. The highest BCUT2D eigenvalue weighted by Crippen LogP contribution is 2.41. The Kier molecular flexibility index (Phi) is 9.15. The van der Waals surface area contributed by atoms with Crippen LogP contribution in [0.1, 0.15) is 36.6 Å². The van der Waals surface area contributed by atoms with Gasteiger partial charge in [-0.3, -0.25) is 4.79 Å². The van der Waals surface area contributed by atoms with E-state index >= 15 is 0 Å². The standard InChI is InChI=1S/C28H31FO7S/c1-18(2)15-24(28(30)31)27(37(32,33)23-13-14-25(34-3)26(16-23)35-4)20-7-11-22(12-8-20)36-17-19-5-9-21(29)10-6-19/h5-14,16,18,24,27H,15,17H2,1-4H3,(H,30,31). The second-order valence-corrected chi connectivity index (χ2v) is 11.1. The van der Waals surface area contributed by atoms with Gasteiger partial charge in [-0.1, -0.05) is 38.1 Å². The molecule has 0 bridgehead atoms. The number of hydrogen-bond acceptors (Lipinski definition) is 6. The molecule has 0 amide bonds. The Morgan fingerprint density at radius 1 is 0.919 bits per heavy atom. The summed E-state index contributed by atoms with van der Waals surface area (Å²) in [5.41, 5.74) is 1.10. The number of sulfone groups is 1. The van der Waals surface area contributed by atoms with Crippen LogP contribution < -0.4 is 14.2 Å². The molecule has 0 aliphatic rings. The molecule has 0 aliphatic heterocycles. The van der Waals surface area contributed by atoms with Crippen LogP contribution in [0, 0.1) is 17.7 Å². The van der Waals surface area contributed by atoms with Crippen LogP contribution in [0.25, 0.3) is 0 Å². The van der Waals surface area contributed by atoms with Crippen molar-refractivity contribution in [1.29, 1.82) is 0 Å². The number of rotatable bonds is 12. The first-order valence-corrected chi connectivity index (χ1v) is 13.3. The molecule has 198 valence electrons. The predicted octanol–water partition coefficient (Wildman–Crippen LogP) is 5.68. The Balaban J connectivity index is 1.99. The molecule has 0 aromatic heterocycles. The van der Waals surface area contributed by atoms with E-state index in [0.717, 1.165) is 5.56 Å². The summed E-state index contributed by atoms with van der Waals surface area (Å²) in [5.74, 6) is -1.73. The van der Waals surface area contributed by atoms with Crippen molar-refractivity contribution in [2.45, 2.75) is 37.0 Å². The Hall–Kier alpha value is -3.59. The van der Waals surface area contributed by atoms with Gasteiger partial charge in [0.25, 0.3) is 0 Å². The molecular weight excluding hydrogens is 499 g/mol. The SMILES string of the molecule is COc1ccc(S(=O)(=O)C(c2ccc(OCc3ccc(F)cc3)cc2)C(CC(C)C)C(=O)O)cc1OC. The highest BCUT2D eigenvalue weighted by atomic mass is 32.2. The fraction of sp³-hybridized carbons (Fsp3) is 0.321. The lowest BCUT2D eigenvalue weighted by molar-refractivity contribution is -0.142. The minimum atomic E-state index is -4.17. The summed E-state index contributed by atoms with van der Waals surface area (Å²) in [6.45, 7) is 3.89. The number of carboxylic acid groups (broad SMARTS) is 1. The maximum Gasteiger partial charge on any atom is 0.308 e. The summed E-state index contributed by atoms with van der Waals surface area (Å²) < 4.78 is 57.2. The molecule has 0 spiro atoms. The normalized spacial score (nSPS) is 13.1. The van der Waals surface area contributed by atoms with Crippen LogP contribution in [-0.4, -0.2) is 33.7 Å². The quantitative estimate of drug-likeness (QED) is 0.321. The van der Waals surface area contributed by atoms with Crippen LogP contribution in [-0.2, 0) is 21.2 Å². The lowest BCUT2D eigenvalue weighted by Crippen LogP contribution is -2.29. The van der Waals surface area contributed by atoms with Crippen LogP contribution in [0.15, 0.2) is 71.6 Å². The molecule has 0 fully saturated rings. The van der Waals surface area contributed by atoms with E-state index in [2.05, 4.69) is 0 Å². The number of halogens is 1. The Morgan fingerprint density at radius 3 is 2.08 bits per heavy atom. The zero-order valence-electron chi connectivity index (χ0n) is 21.2. The van der Waals surface area contributed by atoms with E-state index in [1.807, 2.05) is 13.8 Å². The van der Waals surface area contributed by atoms with Gasteiger partial charge in [0.05, 0.1) is 25.0 Å². The number of hydrogen-bond donors (Lipinski definition) is 1. The zero-order chi connectivity index (χ0) is 27.2. The fourth-order valence-corrected chi connectivity index (χ4v) is 6.13. The number of benzene rings is 3. The fourth-order valence-electron chi connectivity index (χ4n) is 4.13. The molecule has 3 aromatic rings. The third-order valence-electron chi connectivity index (χ3n) is 5.95. The van der Waals surface area contributed by atoms with Gasteiger partial charge in [0.15, 0.2) is 21.3 Å². The largest absolute Gasteiger partial charge is 0.493 e. The number of methoxy groups -OCH3 is 2. The van der Waals surface area contributed by atoms with E-state index in [4.69, 9.17) is 14.2 Å². The van der Waals surface area contributed by atoms with Crippen LogP contribution in [0.3, 0.4) is 0 Å². The molecule has 2 atom stereocenters. The number of carboxylic acids is 1. The summed E-state index contributed by atoms with van der Waals surface area (Å²) in [5, 5.41) is 8.72. The van der Waals surface area contributed by atoms with Gasteiger partial charge in [-0.25, -0.2) is 12.8 Å². The number of aliphatic carboxylic acids is 1. The molecule has 1 N–H and O–H groups in total. The Bertz CT molecular complexity index is 1300. The summed E-state index contributed by atoms with van der Waals surface area (Å²) >= 11 is 0. The lowest BCUT2D eigenvalue weighted by Gasteiger charge is -2.26. The first kappa shape index (κ1) is 28.0. The molecule has 37 heavy (non-hydrogen) atoms. The Morgan fingerprint density at radius 2 is 1.54 bits per heavy atom. The van der Waals surface area contributed by atoms with Crippen molar-refractivity contribution in [3.8, 4) is 17.2 Å². The average Bonchev–Trinajstić information content (AvgIpc) is 2.87. The number of carbonyl (C=O) groups is 1. The van der Waals surface area contributed by atoms with Crippen LogP contribution >= 0.6 is 0 Å². The van der Waals surface area contributed by atoms with E-state index < -0.39 is 27.0 Å². The summed E-state index contributed by atoms with van der Waals surface area (Å²) in [6, 6.07) is 16.4. The van der Waals surface area contributed by atoms with Gasteiger partial charge in [0.2, 0.25) is 0 Å². The smallest absolute Gasteiger partial charge is 0.308 e. The van der Waals surface area contributed by atoms with Crippen LogP contribution in [0.5, 0.6) is 17.2 Å². The van der Waals surface area contributed by atoms with Crippen molar-refractivity contribution in [2.75, 3.05) is 14.2 Å². The first-order chi connectivity index (χ1) is 17.6. The predicted molar refractivity (Wildman–Crippen MR) is 137 cm³/mol. The van der Waals surface area contributed by atoms with Gasteiger partial charge in [0, 0.05) is 6.07 Å². The van der Waals surface area contributed by atoms with Crippen LogP contribution in [0.2, 0.25) is 0 Å². The van der Waals surface area contributed by atoms with Crippen molar-refractivity contribution in [3.05, 3.63) is 83.7 Å². The van der Waals surface area contributed by atoms with Crippen molar-refractivity contribution >= 4 is 15.8 Å². The van der Waals surface area contributed by atoms with E-state index in [-0.39, 0.29) is 35.4 Å². The first-order valence-electron chi connectivity index (χ1n) is 11.7. The molecule has 0 heterocycles. The second-order valence-electron chi connectivity index (χ2n) is 9.04. The van der Waals surface area contributed by atoms with Crippen molar-refractivity contribution in [3.63, 3.8) is 0 Å². The van der Waals surface area contributed by atoms with Gasteiger partial charge in [0.1, 0.15) is 23.4 Å². The van der Waals surface area contributed by atoms with Gasteiger partial charge in [-0.15, -0.1) is 0 Å². The monoisotopic (exact) mass is 530 g/mol. The molecule has 7 nitrogen and oxygen atoms in total. The highest BCUT2D eigenvalue weighted by molar-refractivity contribution is 7.91. The van der Waals surface area contributed by atoms with Gasteiger partial charge < -0.3 is 19.3 Å². The minimum Gasteiger partial charge on any atom is -0.493 e. The van der Waals surface area contributed by atoms with E-state index in [1.165, 1.54) is 44.6 Å². The second kappa shape index (κ2) is 12.1. The molecule has 9 heteroatoms. The molecule has 0 saturated carbocycles. The van der Waals surface area contributed by atoms with Crippen molar-refractivity contribution < 1.29 is 36.9 Å². The minimum absolute atomic E-state index is 0.0532. The van der Waals surface area contributed by atoms with Crippen LogP contribution in [0.4, 0.5) is 4.39 Å². The molecule has 0 radical (unpaired) electrons. The summed E-state index contributed by atoms with van der Waals surface area (Å²) in [7, 11) is -1.33. The third-order valence-corrected chi connectivity index (χ3v) is 8.13.